The third-order valence-electron chi connectivity index (χ3n) is 2.71. The SMILES string of the molecule is COc1ccc(N2C(=O)CCN2CC=O)cc1. The number of methoxy groups -OCH3 is 1. The summed E-state index contributed by atoms with van der Waals surface area (Å²) in [6, 6.07) is 7.19. The van der Waals surface area contributed by atoms with Crippen molar-refractivity contribution in [1.82, 2.24) is 5.01 Å². The summed E-state index contributed by atoms with van der Waals surface area (Å²) in [6.45, 7) is 0.821. The number of carbonyl (C=O) groups excluding carboxylic acids is 2. The van der Waals surface area contributed by atoms with Crippen LogP contribution in [-0.2, 0) is 9.59 Å². The lowest BCUT2D eigenvalue weighted by Gasteiger charge is -2.26. The number of hydrazine groups is 1. The minimum absolute atomic E-state index is 0.0111. The van der Waals surface area contributed by atoms with Crippen LogP contribution in [0.1, 0.15) is 6.42 Å². The van der Waals surface area contributed by atoms with Gasteiger partial charge in [0.25, 0.3) is 0 Å². The third-order valence-corrected chi connectivity index (χ3v) is 2.71. The standard InChI is InChI=1S/C12H14N2O3/c1-17-11-4-2-10(3-5-11)14-12(16)6-7-13(14)8-9-15/h2-5,9H,6-8H2,1H3. The largest absolute Gasteiger partial charge is 0.497 e. The maximum absolute atomic E-state index is 11.8. The molecule has 1 heterocycles. The Morgan fingerprint density at radius 1 is 1.35 bits per heavy atom. The topological polar surface area (TPSA) is 49.9 Å². The molecule has 1 aromatic carbocycles. The van der Waals surface area contributed by atoms with Gasteiger partial charge in [0.1, 0.15) is 12.0 Å². The number of hydrogen-bond acceptors (Lipinski definition) is 4. The summed E-state index contributed by atoms with van der Waals surface area (Å²) in [5, 5.41) is 3.28. The number of carbonyl (C=O) groups is 2. The highest BCUT2D eigenvalue weighted by molar-refractivity contribution is 5.94. The second-order valence-corrected chi connectivity index (χ2v) is 3.73. The molecule has 0 bridgehead atoms. The normalized spacial score (nSPS) is 16.3. The van der Waals surface area contributed by atoms with Gasteiger partial charge in [-0.1, -0.05) is 0 Å². The molecule has 0 atom stereocenters. The molecule has 1 saturated heterocycles. The number of amides is 1. The smallest absolute Gasteiger partial charge is 0.242 e. The summed E-state index contributed by atoms with van der Waals surface area (Å²) < 4.78 is 5.06. The van der Waals surface area contributed by atoms with Crippen LogP contribution in [0.25, 0.3) is 0 Å². The number of nitrogens with zero attached hydrogens (tertiary/aromatic N) is 2. The van der Waals surface area contributed by atoms with Crippen molar-refractivity contribution >= 4 is 17.9 Å². The number of ether oxygens (including phenoxy) is 1. The molecular weight excluding hydrogens is 220 g/mol. The average Bonchev–Trinajstić information content (AvgIpc) is 2.71. The molecule has 1 fully saturated rings. The first-order valence-electron chi connectivity index (χ1n) is 5.42. The van der Waals surface area contributed by atoms with Crippen molar-refractivity contribution in [3.8, 4) is 5.75 Å². The molecular formula is C12H14N2O3. The maximum atomic E-state index is 11.8. The molecule has 5 nitrogen and oxygen atoms in total. The molecule has 0 aliphatic carbocycles. The minimum atomic E-state index is 0.0111. The van der Waals surface area contributed by atoms with Gasteiger partial charge < -0.3 is 9.53 Å². The highest BCUT2D eigenvalue weighted by Crippen LogP contribution is 2.24. The first kappa shape index (κ1) is 11.6. The number of anilines is 1. The van der Waals surface area contributed by atoms with Crippen LogP contribution in [0.4, 0.5) is 5.69 Å². The zero-order valence-corrected chi connectivity index (χ0v) is 9.63. The van der Waals surface area contributed by atoms with Gasteiger partial charge >= 0.3 is 0 Å². The van der Waals surface area contributed by atoms with Crippen LogP contribution in [0, 0.1) is 0 Å². The number of aldehydes is 1. The average molecular weight is 234 g/mol. The summed E-state index contributed by atoms with van der Waals surface area (Å²) in [7, 11) is 1.59. The van der Waals surface area contributed by atoms with Crippen LogP contribution in [-0.4, -0.2) is 37.4 Å². The summed E-state index contributed by atoms with van der Waals surface area (Å²) in [5.74, 6) is 0.749. The van der Waals surface area contributed by atoms with Gasteiger partial charge in [0.2, 0.25) is 5.91 Å². The molecule has 0 radical (unpaired) electrons. The predicted molar refractivity (Wildman–Crippen MR) is 62.7 cm³/mol. The maximum Gasteiger partial charge on any atom is 0.242 e. The molecule has 0 saturated carbocycles. The Bertz CT molecular complexity index is 416. The van der Waals surface area contributed by atoms with E-state index in [-0.39, 0.29) is 12.5 Å². The van der Waals surface area contributed by atoms with E-state index >= 15 is 0 Å². The molecule has 0 aromatic heterocycles. The summed E-state index contributed by atoms with van der Waals surface area (Å²) in [5.41, 5.74) is 0.759. The van der Waals surface area contributed by atoms with Gasteiger partial charge in [-0.15, -0.1) is 0 Å². The van der Waals surface area contributed by atoms with E-state index in [0.29, 0.717) is 13.0 Å². The summed E-state index contributed by atoms with van der Waals surface area (Å²) in [6.07, 6.45) is 1.25. The monoisotopic (exact) mass is 234 g/mol. The summed E-state index contributed by atoms with van der Waals surface area (Å²) >= 11 is 0. The van der Waals surface area contributed by atoms with Crippen LogP contribution in [0.5, 0.6) is 5.75 Å². The lowest BCUT2D eigenvalue weighted by Crippen LogP contribution is -2.40. The molecule has 0 N–H and O–H groups in total. The second-order valence-electron chi connectivity index (χ2n) is 3.73. The molecule has 5 heteroatoms. The predicted octanol–water partition coefficient (Wildman–Crippen LogP) is 0.848. The first-order chi connectivity index (χ1) is 8.26. The van der Waals surface area contributed by atoms with Gasteiger partial charge in [-0.2, -0.15) is 0 Å². The van der Waals surface area contributed by atoms with Gasteiger partial charge in [-0.05, 0) is 24.3 Å². The van der Waals surface area contributed by atoms with E-state index in [2.05, 4.69) is 0 Å². The van der Waals surface area contributed by atoms with E-state index < -0.39 is 0 Å². The molecule has 1 amide bonds. The minimum Gasteiger partial charge on any atom is -0.497 e. The second kappa shape index (κ2) is 4.97. The van der Waals surface area contributed by atoms with Crippen molar-refractivity contribution in [3.05, 3.63) is 24.3 Å². The van der Waals surface area contributed by atoms with Crippen molar-refractivity contribution < 1.29 is 14.3 Å². The van der Waals surface area contributed by atoms with Crippen molar-refractivity contribution in [1.29, 1.82) is 0 Å². The van der Waals surface area contributed by atoms with Crippen LogP contribution in [0.15, 0.2) is 24.3 Å². The number of rotatable bonds is 4. The van der Waals surface area contributed by atoms with Crippen LogP contribution < -0.4 is 9.75 Å². The Morgan fingerprint density at radius 2 is 2.06 bits per heavy atom. The molecule has 0 spiro atoms. The molecule has 2 rings (SSSR count). The van der Waals surface area contributed by atoms with Crippen LogP contribution in [0.3, 0.4) is 0 Å². The van der Waals surface area contributed by atoms with Crippen molar-refractivity contribution in [2.75, 3.05) is 25.2 Å². The Balaban J connectivity index is 2.23. The van der Waals surface area contributed by atoms with E-state index in [9.17, 15) is 9.59 Å². The molecule has 1 aliphatic rings. The van der Waals surface area contributed by atoms with Crippen LogP contribution in [0.2, 0.25) is 0 Å². The van der Waals surface area contributed by atoms with E-state index in [4.69, 9.17) is 4.74 Å². The fourth-order valence-electron chi connectivity index (χ4n) is 1.88. The van der Waals surface area contributed by atoms with Gasteiger partial charge in [0, 0.05) is 13.0 Å². The van der Waals surface area contributed by atoms with Crippen molar-refractivity contribution in [2.45, 2.75) is 6.42 Å². The van der Waals surface area contributed by atoms with Gasteiger partial charge in [0.05, 0.1) is 19.3 Å². The highest BCUT2D eigenvalue weighted by atomic mass is 16.5. The van der Waals surface area contributed by atoms with Crippen molar-refractivity contribution in [2.24, 2.45) is 0 Å². The molecule has 1 aromatic rings. The molecule has 0 unspecified atom stereocenters. The molecule has 90 valence electrons. The first-order valence-corrected chi connectivity index (χ1v) is 5.42. The lowest BCUT2D eigenvalue weighted by atomic mass is 10.3. The summed E-state index contributed by atoms with van der Waals surface area (Å²) in [4.78, 5) is 22.3. The van der Waals surface area contributed by atoms with Crippen molar-refractivity contribution in [3.63, 3.8) is 0 Å². The van der Waals surface area contributed by atoms with Crippen LogP contribution >= 0.6 is 0 Å². The van der Waals surface area contributed by atoms with E-state index in [1.807, 2.05) is 0 Å². The van der Waals surface area contributed by atoms with E-state index in [1.54, 1.807) is 41.4 Å². The zero-order valence-electron chi connectivity index (χ0n) is 9.63. The molecule has 17 heavy (non-hydrogen) atoms. The molecule has 1 aliphatic heterocycles. The van der Waals surface area contributed by atoms with E-state index in [1.165, 1.54) is 0 Å². The Morgan fingerprint density at radius 3 is 2.65 bits per heavy atom. The zero-order chi connectivity index (χ0) is 12.3. The van der Waals surface area contributed by atoms with Gasteiger partial charge in [-0.25, -0.2) is 10.0 Å². The lowest BCUT2D eigenvalue weighted by molar-refractivity contribution is -0.118. The Kier molecular flexibility index (Phi) is 3.39. The number of benzene rings is 1. The number of hydrogen-bond donors (Lipinski definition) is 0. The van der Waals surface area contributed by atoms with Gasteiger partial charge in [0.15, 0.2) is 0 Å². The third kappa shape index (κ3) is 2.29. The van der Waals surface area contributed by atoms with Gasteiger partial charge in [-0.3, -0.25) is 4.79 Å². The fraction of sp³-hybridized carbons (Fsp3) is 0.333. The fourth-order valence-corrected chi connectivity index (χ4v) is 1.88. The quantitative estimate of drug-likeness (QED) is 0.725. The Hall–Kier alpha value is -1.88. The van der Waals surface area contributed by atoms with E-state index in [0.717, 1.165) is 17.7 Å². The highest BCUT2D eigenvalue weighted by Gasteiger charge is 2.29. The Labute approximate surface area is 99.5 Å².